The minimum Gasteiger partial charge on any atom is -0.249 e. The number of hydrogen-bond acceptors (Lipinski definition) is 6. The Morgan fingerprint density at radius 1 is 1.29 bits per heavy atom. The molecule has 1 saturated heterocycles. The molecule has 1 aromatic rings. The Morgan fingerprint density at radius 2 is 2.06 bits per heavy atom. The van der Waals surface area contributed by atoms with Gasteiger partial charge in [0.15, 0.2) is 0 Å². The Morgan fingerprint density at radius 3 is 2.76 bits per heavy atom. The third-order valence-corrected chi connectivity index (χ3v) is 2.37. The van der Waals surface area contributed by atoms with Gasteiger partial charge < -0.3 is 0 Å². The first-order valence-corrected chi connectivity index (χ1v) is 5.24. The summed E-state index contributed by atoms with van der Waals surface area (Å²) in [6, 6.07) is 9.15. The van der Waals surface area contributed by atoms with Gasteiger partial charge >= 0.3 is 0 Å². The summed E-state index contributed by atoms with van der Waals surface area (Å²) >= 11 is 0. The van der Waals surface area contributed by atoms with Gasteiger partial charge in [0.25, 0.3) is 0 Å². The van der Waals surface area contributed by atoms with Crippen molar-refractivity contribution in [2.45, 2.75) is 25.4 Å². The van der Waals surface area contributed by atoms with E-state index in [4.69, 9.17) is 24.8 Å². The summed E-state index contributed by atoms with van der Waals surface area (Å²) in [6.07, 6.45) is -0.559. The number of hydrogen-bond donors (Lipinski definition) is 1. The number of benzene rings is 1. The molecule has 2 rings (SSSR count). The van der Waals surface area contributed by atoms with Gasteiger partial charge in [-0.2, -0.15) is 14.7 Å². The lowest BCUT2D eigenvalue weighted by molar-refractivity contribution is -0.565. The quantitative estimate of drug-likeness (QED) is 0.633. The van der Waals surface area contributed by atoms with Crippen molar-refractivity contribution in [1.82, 2.24) is 0 Å². The van der Waals surface area contributed by atoms with Gasteiger partial charge in [-0.1, -0.05) is 30.3 Å². The highest BCUT2D eigenvalue weighted by atomic mass is 17.3. The maximum Gasteiger partial charge on any atom is 0.249 e. The zero-order valence-electron chi connectivity index (χ0n) is 9.37. The lowest BCUT2D eigenvalue weighted by Crippen LogP contribution is -2.35. The zero-order chi connectivity index (χ0) is 12.1. The lowest BCUT2D eigenvalue weighted by Gasteiger charge is -2.29. The molecule has 0 radical (unpaired) electrons. The van der Waals surface area contributed by atoms with Crippen LogP contribution in [-0.4, -0.2) is 17.7 Å². The Labute approximate surface area is 98.4 Å². The van der Waals surface area contributed by atoms with Crippen LogP contribution in [0.5, 0.6) is 0 Å². The predicted molar refractivity (Wildman–Crippen MR) is 55.1 cm³/mol. The Kier molecular flexibility index (Phi) is 4.06. The van der Waals surface area contributed by atoms with Gasteiger partial charge in [-0.3, -0.25) is 0 Å². The summed E-state index contributed by atoms with van der Waals surface area (Å²) in [5, 5.41) is 8.72. The molecule has 0 aliphatic carbocycles. The minimum atomic E-state index is -1.27. The molecule has 6 heteroatoms. The summed E-state index contributed by atoms with van der Waals surface area (Å²) in [5.41, 5.74) is 0.731. The van der Waals surface area contributed by atoms with Crippen molar-refractivity contribution in [2.24, 2.45) is 0 Å². The Bertz CT molecular complexity index is 343. The smallest absolute Gasteiger partial charge is 0.249 e. The van der Waals surface area contributed by atoms with Crippen molar-refractivity contribution in [3.63, 3.8) is 0 Å². The molecule has 94 valence electrons. The van der Waals surface area contributed by atoms with Gasteiger partial charge in [0.05, 0.1) is 6.61 Å². The first-order chi connectivity index (χ1) is 8.23. The van der Waals surface area contributed by atoms with Crippen LogP contribution in [0, 0.1) is 0 Å². The van der Waals surface area contributed by atoms with Crippen molar-refractivity contribution in [3.05, 3.63) is 35.9 Å². The maximum absolute atomic E-state index is 8.72. The molecule has 1 aliphatic heterocycles. The Balaban J connectivity index is 2.05. The van der Waals surface area contributed by atoms with E-state index >= 15 is 0 Å². The summed E-state index contributed by atoms with van der Waals surface area (Å²) in [4.78, 5) is 24.2. The van der Waals surface area contributed by atoms with Crippen molar-refractivity contribution >= 4 is 0 Å². The predicted octanol–water partition coefficient (Wildman–Crippen LogP) is 2.19. The normalized spacial score (nSPS) is 30.6. The summed E-state index contributed by atoms with van der Waals surface area (Å²) in [6.45, 7) is 1.74. The lowest BCUT2D eigenvalue weighted by atomic mass is 10.2. The summed E-state index contributed by atoms with van der Waals surface area (Å²) in [5.74, 6) is -1.27. The molecule has 1 N–H and O–H groups in total. The molecule has 1 aromatic carbocycles. The summed E-state index contributed by atoms with van der Waals surface area (Å²) in [7, 11) is 0. The van der Waals surface area contributed by atoms with Gasteiger partial charge in [-0.05, 0) is 6.92 Å². The van der Waals surface area contributed by atoms with E-state index in [0.717, 1.165) is 5.56 Å². The maximum atomic E-state index is 8.72. The Hall–Kier alpha value is -1.02. The molecular weight excluding hydrogens is 228 g/mol. The highest BCUT2D eigenvalue weighted by Gasteiger charge is 2.33. The minimum absolute atomic E-state index is 0.212. The molecule has 2 atom stereocenters. The van der Waals surface area contributed by atoms with Crippen molar-refractivity contribution < 1.29 is 29.7 Å². The second kappa shape index (κ2) is 5.54. The number of rotatable bonds is 2. The SMILES string of the molecule is CC1(OO)CCOOC(c2ccccc2)OO1. The van der Waals surface area contributed by atoms with E-state index in [0.29, 0.717) is 0 Å². The average Bonchev–Trinajstić information content (AvgIpc) is 2.36. The van der Waals surface area contributed by atoms with Gasteiger partial charge in [0, 0.05) is 12.0 Å². The second-order valence-electron chi connectivity index (χ2n) is 3.82. The molecule has 0 amide bonds. The molecule has 0 bridgehead atoms. The van der Waals surface area contributed by atoms with Crippen LogP contribution in [0.2, 0.25) is 0 Å². The highest BCUT2D eigenvalue weighted by molar-refractivity contribution is 5.15. The van der Waals surface area contributed by atoms with E-state index in [2.05, 4.69) is 4.89 Å². The molecule has 17 heavy (non-hydrogen) atoms. The first kappa shape index (κ1) is 12.4. The molecule has 1 aliphatic rings. The molecule has 1 heterocycles. The fourth-order valence-corrected chi connectivity index (χ4v) is 1.32. The first-order valence-electron chi connectivity index (χ1n) is 5.24. The molecule has 2 unspecified atom stereocenters. The second-order valence-corrected chi connectivity index (χ2v) is 3.82. The van der Waals surface area contributed by atoms with Gasteiger partial charge in [-0.25, -0.2) is 15.0 Å². The highest BCUT2D eigenvalue weighted by Crippen LogP contribution is 2.27. The average molecular weight is 242 g/mol. The van der Waals surface area contributed by atoms with Crippen LogP contribution < -0.4 is 0 Å². The summed E-state index contributed by atoms with van der Waals surface area (Å²) < 4.78 is 0. The third-order valence-electron chi connectivity index (χ3n) is 2.37. The zero-order valence-corrected chi connectivity index (χ0v) is 9.37. The third kappa shape index (κ3) is 3.22. The van der Waals surface area contributed by atoms with Crippen molar-refractivity contribution in [1.29, 1.82) is 0 Å². The van der Waals surface area contributed by atoms with Crippen LogP contribution in [0.1, 0.15) is 25.2 Å². The van der Waals surface area contributed by atoms with Crippen LogP contribution >= 0.6 is 0 Å². The van der Waals surface area contributed by atoms with E-state index < -0.39 is 12.1 Å². The van der Waals surface area contributed by atoms with Crippen LogP contribution in [0.4, 0.5) is 0 Å². The van der Waals surface area contributed by atoms with Crippen molar-refractivity contribution in [2.75, 3.05) is 6.61 Å². The van der Waals surface area contributed by atoms with Gasteiger partial charge in [0.2, 0.25) is 12.1 Å². The van der Waals surface area contributed by atoms with E-state index in [-0.39, 0.29) is 13.0 Å². The van der Waals surface area contributed by atoms with Gasteiger partial charge in [-0.15, -0.1) is 0 Å². The van der Waals surface area contributed by atoms with E-state index in [9.17, 15) is 0 Å². The monoisotopic (exact) mass is 242 g/mol. The molecule has 0 spiro atoms. The molecule has 6 nitrogen and oxygen atoms in total. The van der Waals surface area contributed by atoms with E-state index in [1.165, 1.54) is 6.92 Å². The van der Waals surface area contributed by atoms with Crippen LogP contribution in [0.25, 0.3) is 0 Å². The molecule has 0 aromatic heterocycles. The largest absolute Gasteiger partial charge is 0.249 e. The molecule has 1 fully saturated rings. The van der Waals surface area contributed by atoms with Crippen molar-refractivity contribution in [3.8, 4) is 0 Å². The van der Waals surface area contributed by atoms with E-state index in [1.807, 2.05) is 18.2 Å². The topological polar surface area (TPSA) is 66.4 Å². The standard InChI is InChI=1S/C11H14O6/c1-11(16-12)7-8-13-14-10(15-17-11)9-5-3-2-4-6-9/h2-6,10,12H,7-8H2,1H3. The van der Waals surface area contributed by atoms with E-state index in [1.54, 1.807) is 12.1 Å². The van der Waals surface area contributed by atoms with Crippen LogP contribution in [0.3, 0.4) is 0 Å². The fourth-order valence-electron chi connectivity index (χ4n) is 1.32. The van der Waals surface area contributed by atoms with Gasteiger partial charge in [0.1, 0.15) is 0 Å². The van der Waals surface area contributed by atoms with Crippen LogP contribution in [-0.2, 0) is 24.4 Å². The molecule has 0 saturated carbocycles. The molecular formula is C11H14O6. The fraction of sp³-hybridized carbons (Fsp3) is 0.455. The van der Waals surface area contributed by atoms with Crippen LogP contribution in [0.15, 0.2) is 30.3 Å².